The van der Waals surface area contributed by atoms with Gasteiger partial charge in [-0.3, -0.25) is 9.59 Å². The second kappa shape index (κ2) is 9.98. The summed E-state index contributed by atoms with van der Waals surface area (Å²) in [6.07, 6.45) is 3.59. The number of Topliss-reactive ketones (excluding diaryl/α,β-unsaturated/α-hetero) is 1. The first-order valence-corrected chi connectivity index (χ1v) is 11.1. The number of benzene rings is 2. The molecule has 0 radical (unpaired) electrons. The Balaban J connectivity index is 1.76. The standard InChI is InChI=1S/C23H26Cl2N2O5/c24-14-8-13(20(31)17(25)9-14)12-27-15-4-5-16(18(28)10-15)21(32)22(26)23(11-19(29)30)6-2-1-3-7-23/h4-5,8-10,22,27-28,31H,1-3,6-7,11-12,26H2,(H,29,30). The monoisotopic (exact) mass is 480 g/mol. The molecule has 2 aromatic carbocycles. The summed E-state index contributed by atoms with van der Waals surface area (Å²) < 4.78 is 0. The summed E-state index contributed by atoms with van der Waals surface area (Å²) in [5.74, 6) is -1.81. The maximum absolute atomic E-state index is 13.1. The van der Waals surface area contributed by atoms with E-state index in [0.29, 0.717) is 29.1 Å². The summed E-state index contributed by atoms with van der Waals surface area (Å²) in [5.41, 5.74) is 6.51. The molecule has 1 fully saturated rings. The minimum absolute atomic E-state index is 0.0482. The molecule has 0 heterocycles. The zero-order valence-corrected chi connectivity index (χ0v) is 18.9. The molecular formula is C23H26Cl2N2O5. The summed E-state index contributed by atoms with van der Waals surface area (Å²) in [6, 6.07) is 6.43. The molecule has 0 aromatic heterocycles. The van der Waals surface area contributed by atoms with Crippen LogP contribution in [-0.2, 0) is 11.3 Å². The van der Waals surface area contributed by atoms with E-state index in [-0.39, 0.29) is 35.1 Å². The number of carbonyl (C=O) groups excluding carboxylic acids is 1. The van der Waals surface area contributed by atoms with Gasteiger partial charge >= 0.3 is 5.97 Å². The van der Waals surface area contributed by atoms with Crippen LogP contribution in [0.2, 0.25) is 10.0 Å². The first-order chi connectivity index (χ1) is 15.1. The van der Waals surface area contributed by atoms with Crippen LogP contribution in [0, 0.1) is 5.41 Å². The number of phenols is 2. The van der Waals surface area contributed by atoms with Crippen molar-refractivity contribution in [2.75, 3.05) is 5.32 Å². The van der Waals surface area contributed by atoms with Crippen LogP contribution >= 0.6 is 23.2 Å². The molecule has 9 heteroatoms. The Morgan fingerprint density at radius 2 is 1.78 bits per heavy atom. The number of carboxylic acid groups (broad SMARTS) is 1. The van der Waals surface area contributed by atoms with Gasteiger partial charge in [0.1, 0.15) is 11.5 Å². The number of carboxylic acids is 1. The van der Waals surface area contributed by atoms with Crippen LogP contribution in [0.3, 0.4) is 0 Å². The minimum Gasteiger partial charge on any atom is -0.507 e. The molecule has 6 N–H and O–H groups in total. The van der Waals surface area contributed by atoms with Gasteiger partial charge in [0.2, 0.25) is 0 Å². The summed E-state index contributed by atoms with van der Waals surface area (Å²) in [6.45, 7) is 0.181. The number of hydrogen-bond acceptors (Lipinski definition) is 6. The van der Waals surface area contributed by atoms with E-state index in [1.54, 1.807) is 12.1 Å². The van der Waals surface area contributed by atoms with Gasteiger partial charge in [-0.05, 0) is 37.1 Å². The number of hydrogen-bond donors (Lipinski definition) is 5. The molecule has 0 bridgehead atoms. The third kappa shape index (κ3) is 5.28. The zero-order valence-electron chi connectivity index (χ0n) is 17.4. The highest BCUT2D eigenvalue weighted by molar-refractivity contribution is 6.35. The fourth-order valence-corrected chi connectivity index (χ4v) is 4.94. The molecule has 0 aliphatic heterocycles. The lowest BCUT2D eigenvalue weighted by Gasteiger charge is -2.40. The highest BCUT2D eigenvalue weighted by Crippen LogP contribution is 2.43. The normalized spacial score (nSPS) is 16.3. The zero-order chi connectivity index (χ0) is 23.5. The number of nitrogens with one attached hydrogen (secondary N) is 1. The van der Waals surface area contributed by atoms with Crippen molar-refractivity contribution in [2.45, 2.75) is 51.1 Å². The molecular weight excluding hydrogens is 455 g/mol. The number of phenolic OH excluding ortho intramolecular Hbond substituents is 2. The van der Waals surface area contributed by atoms with Gasteiger partial charge < -0.3 is 26.4 Å². The summed E-state index contributed by atoms with van der Waals surface area (Å²) in [7, 11) is 0. The Bertz CT molecular complexity index is 1020. The van der Waals surface area contributed by atoms with Crippen LogP contribution in [0.25, 0.3) is 0 Å². The van der Waals surface area contributed by atoms with Gasteiger partial charge in [0, 0.05) is 34.3 Å². The molecule has 0 spiro atoms. The second-order valence-electron chi connectivity index (χ2n) is 8.32. The predicted molar refractivity (Wildman–Crippen MR) is 124 cm³/mol. The van der Waals surface area contributed by atoms with Crippen molar-refractivity contribution in [1.82, 2.24) is 0 Å². The second-order valence-corrected chi connectivity index (χ2v) is 9.16. The third-order valence-electron chi connectivity index (χ3n) is 6.15. The van der Waals surface area contributed by atoms with Gasteiger partial charge in [0.05, 0.1) is 23.0 Å². The van der Waals surface area contributed by atoms with Gasteiger partial charge in [-0.25, -0.2) is 0 Å². The van der Waals surface area contributed by atoms with E-state index in [2.05, 4.69) is 5.32 Å². The van der Waals surface area contributed by atoms with E-state index >= 15 is 0 Å². The molecule has 32 heavy (non-hydrogen) atoms. The molecule has 0 amide bonds. The van der Waals surface area contributed by atoms with Crippen LogP contribution in [-0.4, -0.2) is 33.1 Å². The lowest BCUT2D eigenvalue weighted by Crippen LogP contribution is -2.49. The van der Waals surface area contributed by atoms with Gasteiger partial charge in [-0.1, -0.05) is 42.5 Å². The molecule has 1 aliphatic carbocycles. The number of ketones is 1. The smallest absolute Gasteiger partial charge is 0.303 e. The van der Waals surface area contributed by atoms with Crippen molar-refractivity contribution in [3.8, 4) is 11.5 Å². The Hall–Kier alpha value is -2.48. The van der Waals surface area contributed by atoms with Crippen molar-refractivity contribution < 1.29 is 24.9 Å². The average molecular weight is 481 g/mol. The van der Waals surface area contributed by atoms with E-state index in [9.17, 15) is 24.9 Å². The number of aliphatic carboxylic acids is 1. The number of halogens is 2. The molecule has 1 saturated carbocycles. The van der Waals surface area contributed by atoms with E-state index in [0.717, 1.165) is 19.3 Å². The Morgan fingerprint density at radius 1 is 1.09 bits per heavy atom. The van der Waals surface area contributed by atoms with Gasteiger partial charge in [-0.15, -0.1) is 0 Å². The van der Waals surface area contributed by atoms with Crippen LogP contribution < -0.4 is 11.1 Å². The summed E-state index contributed by atoms with van der Waals surface area (Å²) in [5, 5.41) is 33.5. The van der Waals surface area contributed by atoms with Crippen LogP contribution in [0.15, 0.2) is 30.3 Å². The number of rotatable bonds is 8. The summed E-state index contributed by atoms with van der Waals surface area (Å²) in [4.78, 5) is 24.5. The highest BCUT2D eigenvalue weighted by Gasteiger charge is 2.43. The lowest BCUT2D eigenvalue weighted by atomic mass is 9.65. The topological polar surface area (TPSA) is 133 Å². The SMILES string of the molecule is NC(C(=O)c1ccc(NCc2cc(Cl)cc(Cl)c2O)cc1O)C1(CC(=O)O)CCCCC1. The van der Waals surface area contributed by atoms with E-state index in [1.165, 1.54) is 18.2 Å². The molecule has 3 rings (SSSR count). The molecule has 1 atom stereocenters. The van der Waals surface area contributed by atoms with Crippen LogP contribution in [0.4, 0.5) is 5.69 Å². The van der Waals surface area contributed by atoms with Crippen LogP contribution in [0.1, 0.15) is 54.4 Å². The molecule has 1 unspecified atom stereocenters. The predicted octanol–water partition coefficient (Wildman–Crippen LogP) is 4.95. The van der Waals surface area contributed by atoms with Crippen molar-refractivity contribution in [3.63, 3.8) is 0 Å². The number of aromatic hydroxyl groups is 2. The van der Waals surface area contributed by atoms with E-state index < -0.39 is 23.2 Å². The minimum atomic E-state index is -1.02. The molecule has 7 nitrogen and oxygen atoms in total. The number of carbonyl (C=O) groups is 2. The van der Waals surface area contributed by atoms with Crippen molar-refractivity contribution in [2.24, 2.45) is 11.1 Å². The highest BCUT2D eigenvalue weighted by atomic mass is 35.5. The molecule has 1 aliphatic rings. The quantitative estimate of drug-likeness (QED) is 0.337. The van der Waals surface area contributed by atoms with Crippen LogP contribution in [0.5, 0.6) is 11.5 Å². The Kier molecular flexibility index (Phi) is 7.54. The third-order valence-corrected chi connectivity index (χ3v) is 6.65. The van der Waals surface area contributed by atoms with Crippen molar-refractivity contribution in [3.05, 3.63) is 51.5 Å². The first kappa shape index (κ1) is 24.2. The fourth-order valence-electron chi connectivity index (χ4n) is 4.40. The van der Waals surface area contributed by atoms with E-state index in [1.807, 2.05) is 0 Å². The summed E-state index contributed by atoms with van der Waals surface area (Å²) >= 11 is 11.9. The van der Waals surface area contributed by atoms with Gasteiger partial charge in [0.15, 0.2) is 5.78 Å². The lowest BCUT2D eigenvalue weighted by molar-refractivity contribution is -0.140. The van der Waals surface area contributed by atoms with Crippen molar-refractivity contribution >= 4 is 40.6 Å². The number of anilines is 1. The Morgan fingerprint density at radius 3 is 2.41 bits per heavy atom. The van der Waals surface area contributed by atoms with Gasteiger partial charge in [0.25, 0.3) is 0 Å². The molecule has 0 saturated heterocycles. The van der Waals surface area contributed by atoms with E-state index in [4.69, 9.17) is 28.9 Å². The largest absolute Gasteiger partial charge is 0.507 e. The average Bonchev–Trinajstić information content (AvgIpc) is 2.74. The fraction of sp³-hybridized carbons (Fsp3) is 0.391. The molecule has 2 aromatic rings. The maximum atomic E-state index is 13.1. The first-order valence-electron chi connectivity index (χ1n) is 10.4. The number of nitrogens with two attached hydrogens (primary N) is 1. The Labute approximate surface area is 196 Å². The van der Waals surface area contributed by atoms with Gasteiger partial charge in [-0.2, -0.15) is 0 Å². The van der Waals surface area contributed by atoms with Crippen molar-refractivity contribution in [1.29, 1.82) is 0 Å². The maximum Gasteiger partial charge on any atom is 0.303 e. The molecule has 172 valence electrons.